The number of amidine groups is 1. The number of benzene rings is 2. The highest BCUT2D eigenvalue weighted by Gasteiger charge is 2.21. The molecule has 0 aliphatic carbocycles. The number of carbonyl (C=O) groups is 1. The number of nitrogens with zero attached hydrogens (tertiary/aromatic N) is 1. The smallest absolute Gasteiger partial charge is 0.275 e. The number of aliphatic imine (C=N–C) groups is 1. The highest BCUT2D eigenvalue weighted by Crippen LogP contribution is 2.18. The predicted octanol–water partition coefficient (Wildman–Crippen LogP) is 2.75. The van der Waals surface area contributed by atoms with E-state index in [-0.39, 0.29) is 11.7 Å². The van der Waals surface area contributed by atoms with Gasteiger partial charge in [0, 0.05) is 5.56 Å². The highest BCUT2D eigenvalue weighted by atomic mass is 19.1. The van der Waals surface area contributed by atoms with Gasteiger partial charge in [-0.2, -0.15) is 0 Å². The van der Waals surface area contributed by atoms with Crippen molar-refractivity contribution in [2.24, 2.45) is 4.99 Å². The first-order chi connectivity index (χ1) is 10.7. The number of ether oxygens (including phenoxy) is 1. The Labute approximate surface area is 127 Å². The van der Waals surface area contributed by atoms with Crippen LogP contribution >= 0.6 is 0 Å². The van der Waals surface area contributed by atoms with Gasteiger partial charge in [0.1, 0.15) is 23.1 Å². The number of hydrogen-bond acceptors (Lipinski definition) is 3. The fourth-order valence-electron chi connectivity index (χ4n) is 2.10. The highest BCUT2D eigenvalue weighted by molar-refractivity contribution is 6.19. The van der Waals surface area contributed by atoms with E-state index >= 15 is 0 Å². The first-order valence-corrected chi connectivity index (χ1v) is 6.67. The summed E-state index contributed by atoms with van der Waals surface area (Å²) < 4.78 is 18.1. The van der Waals surface area contributed by atoms with Gasteiger partial charge in [0.2, 0.25) is 0 Å². The van der Waals surface area contributed by atoms with Gasteiger partial charge < -0.3 is 10.1 Å². The quantitative estimate of drug-likeness (QED) is 0.885. The molecule has 0 aromatic heterocycles. The molecule has 4 nitrogen and oxygen atoms in total. The lowest BCUT2D eigenvalue weighted by Crippen LogP contribution is -2.24. The third-order valence-electron chi connectivity index (χ3n) is 3.21. The van der Waals surface area contributed by atoms with Crippen molar-refractivity contribution in [3.05, 3.63) is 71.2 Å². The molecule has 1 N–H and O–H groups in total. The van der Waals surface area contributed by atoms with Crippen molar-refractivity contribution in [2.75, 3.05) is 7.11 Å². The largest absolute Gasteiger partial charge is 0.497 e. The molecule has 0 radical (unpaired) electrons. The van der Waals surface area contributed by atoms with Crippen LogP contribution in [0.15, 0.2) is 59.2 Å². The summed E-state index contributed by atoms with van der Waals surface area (Å²) in [6, 6.07) is 13.1. The number of nitrogens with one attached hydrogen (secondary N) is 1. The zero-order chi connectivity index (χ0) is 15.5. The van der Waals surface area contributed by atoms with Crippen molar-refractivity contribution in [3.8, 4) is 5.75 Å². The van der Waals surface area contributed by atoms with Crippen molar-refractivity contribution < 1.29 is 13.9 Å². The third kappa shape index (κ3) is 2.88. The average Bonchev–Trinajstić information content (AvgIpc) is 2.89. The van der Waals surface area contributed by atoms with Crippen molar-refractivity contribution in [3.63, 3.8) is 0 Å². The van der Waals surface area contributed by atoms with Crippen LogP contribution < -0.4 is 10.1 Å². The molecule has 22 heavy (non-hydrogen) atoms. The van der Waals surface area contributed by atoms with Gasteiger partial charge in [0.15, 0.2) is 0 Å². The summed E-state index contributed by atoms with van der Waals surface area (Å²) >= 11 is 0. The molecule has 2 aromatic rings. The fraction of sp³-hybridized carbons (Fsp3) is 0.0588. The van der Waals surface area contributed by atoms with E-state index in [0.717, 1.165) is 5.56 Å². The number of rotatable bonds is 3. The minimum absolute atomic E-state index is 0.290. The van der Waals surface area contributed by atoms with Crippen LogP contribution in [0.2, 0.25) is 0 Å². The molecule has 0 saturated heterocycles. The van der Waals surface area contributed by atoms with Gasteiger partial charge in [0.25, 0.3) is 5.91 Å². The van der Waals surface area contributed by atoms with Crippen LogP contribution in [0, 0.1) is 5.82 Å². The minimum atomic E-state index is -0.333. The fourth-order valence-corrected chi connectivity index (χ4v) is 2.10. The second-order valence-corrected chi connectivity index (χ2v) is 4.73. The van der Waals surface area contributed by atoms with E-state index in [2.05, 4.69) is 10.3 Å². The van der Waals surface area contributed by atoms with E-state index in [1.807, 2.05) is 24.3 Å². The molecule has 5 heteroatoms. The molecule has 0 unspecified atom stereocenters. The molecule has 3 rings (SSSR count). The predicted molar refractivity (Wildman–Crippen MR) is 82.1 cm³/mol. The molecule has 110 valence electrons. The Kier molecular flexibility index (Phi) is 3.70. The maximum atomic E-state index is 12.9. The number of halogens is 1. The van der Waals surface area contributed by atoms with Crippen LogP contribution in [-0.4, -0.2) is 18.9 Å². The molecule has 1 amide bonds. The zero-order valence-electron chi connectivity index (χ0n) is 11.8. The third-order valence-corrected chi connectivity index (χ3v) is 3.21. The van der Waals surface area contributed by atoms with Crippen LogP contribution in [0.3, 0.4) is 0 Å². The molecule has 0 bridgehead atoms. The summed E-state index contributed by atoms with van der Waals surface area (Å²) in [6.07, 6.45) is 1.67. The maximum absolute atomic E-state index is 12.9. The molecule has 2 aromatic carbocycles. The standard InChI is InChI=1S/C17H13FN2O2/c1-22-14-4-2-3-11(9-14)10-15-17(21)20-16(19-15)12-5-7-13(18)8-6-12/h2-10H,1H3,(H,19,20,21)/b15-10+. The van der Waals surface area contributed by atoms with Crippen LogP contribution in [0.25, 0.3) is 6.08 Å². The van der Waals surface area contributed by atoms with Crippen LogP contribution in [0.5, 0.6) is 5.75 Å². The molecule has 1 aliphatic rings. The zero-order valence-corrected chi connectivity index (χ0v) is 11.8. The van der Waals surface area contributed by atoms with E-state index in [1.54, 1.807) is 25.3 Å². The minimum Gasteiger partial charge on any atom is -0.497 e. The van der Waals surface area contributed by atoms with Crippen molar-refractivity contribution in [1.82, 2.24) is 5.32 Å². The van der Waals surface area contributed by atoms with Crippen molar-refractivity contribution in [1.29, 1.82) is 0 Å². The molecule has 0 spiro atoms. The van der Waals surface area contributed by atoms with E-state index < -0.39 is 0 Å². The van der Waals surface area contributed by atoms with E-state index in [1.165, 1.54) is 12.1 Å². The normalized spacial score (nSPS) is 15.6. The molecule has 1 heterocycles. The van der Waals surface area contributed by atoms with Gasteiger partial charge in [-0.1, -0.05) is 12.1 Å². The van der Waals surface area contributed by atoms with E-state index in [0.29, 0.717) is 22.8 Å². The monoisotopic (exact) mass is 296 g/mol. The molecular formula is C17H13FN2O2. The first-order valence-electron chi connectivity index (χ1n) is 6.67. The molecule has 0 saturated carbocycles. The Morgan fingerprint density at radius 2 is 1.95 bits per heavy atom. The lowest BCUT2D eigenvalue weighted by atomic mass is 10.2. The van der Waals surface area contributed by atoms with Gasteiger partial charge in [-0.25, -0.2) is 9.38 Å². The average molecular weight is 296 g/mol. The number of methoxy groups -OCH3 is 1. The van der Waals surface area contributed by atoms with Crippen LogP contribution in [0.1, 0.15) is 11.1 Å². The van der Waals surface area contributed by atoms with E-state index in [9.17, 15) is 9.18 Å². The summed E-state index contributed by atoms with van der Waals surface area (Å²) in [5.41, 5.74) is 1.77. The van der Waals surface area contributed by atoms with Crippen molar-refractivity contribution >= 4 is 17.8 Å². The number of amides is 1. The SMILES string of the molecule is COc1cccc(/C=C2/N=C(c3ccc(F)cc3)NC2=O)c1. The van der Waals surface area contributed by atoms with Gasteiger partial charge in [-0.05, 0) is 48.0 Å². The van der Waals surface area contributed by atoms with Crippen molar-refractivity contribution in [2.45, 2.75) is 0 Å². The first kappa shape index (κ1) is 14.0. The summed E-state index contributed by atoms with van der Waals surface area (Å²) in [5, 5.41) is 2.68. The van der Waals surface area contributed by atoms with Gasteiger partial charge in [-0.15, -0.1) is 0 Å². The van der Waals surface area contributed by atoms with Crippen LogP contribution in [-0.2, 0) is 4.79 Å². The summed E-state index contributed by atoms with van der Waals surface area (Å²) in [4.78, 5) is 16.3. The Hall–Kier alpha value is -2.95. The molecule has 0 fully saturated rings. The lowest BCUT2D eigenvalue weighted by Gasteiger charge is -2.00. The summed E-state index contributed by atoms with van der Waals surface area (Å²) in [5.74, 6) is 0.498. The Bertz CT molecular complexity index is 780. The topological polar surface area (TPSA) is 50.7 Å². The number of hydrogen-bond donors (Lipinski definition) is 1. The molecular weight excluding hydrogens is 283 g/mol. The Morgan fingerprint density at radius 1 is 1.18 bits per heavy atom. The number of carbonyl (C=O) groups excluding carboxylic acids is 1. The van der Waals surface area contributed by atoms with Gasteiger partial charge in [0.05, 0.1) is 7.11 Å². The molecule has 1 aliphatic heterocycles. The second kappa shape index (κ2) is 5.81. The maximum Gasteiger partial charge on any atom is 0.275 e. The Morgan fingerprint density at radius 3 is 2.68 bits per heavy atom. The Balaban J connectivity index is 1.92. The van der Waals surface area contributed by atoms with Gasteiger partial charge >= 0.3 is 0 Å². The summed E-state index contributed by atoms with van der Waals surface area (Å²) in [7, 11) is 1.58. The molecule has 0 atom stereocenters. The van der Waals surface area contributed by atoms with Crippen LogP contribution in [0.4, 0.5) is 4.39 Å². The lowest BCUT2D eigenvalue weighted by molar-refractivity contribution is -0.115. The summed E-state index contributed by atoms with van der Waals surface area (Å²) in [6.45, 7) is 0. The second-order valence-electron chi connectivity index (χ2n) is 4.73. The van der Waals surface area contributed by atoms with Gasteiger partial charge in [-0.3, -0.25) is 4.79 Å². The van der Waals surface area contributed by atoms with E-state index in [4.69, 9.17) is 4.74 Å².